The lowest BCUT2D eigenvalue weighted by Gasteiger charge is -2.08. The van der Waals surface area contributed by atoms with Crippen LogP contribution in [0.25, 0.3) is 0 Å². The average molecular weight is 258 g/mol. The molecular formula is C15H14O4. The summed E-state index contributed by atoms with van der Waals surface area (Å²) in [4.78, 5) is 11.7. The molecule has 4 nitrogen and oxygen atoms in total. The molecule has 0 unspecified atom stereocenters. The van der Waals surface area contributed by atoms with E-state index >= 15 is 0 Å². The van der Waals surface area contributed by atoms with Gasteiger partial charge in [0.15, 0.2) is 0 Å². The van der Waals surface area contributed by atoms with E-state index in [-0.39, 0.29) is 17.9 Å². The molecule has 0 saturated carbocycles. The topological polar surface area (TPSA) is 66.8 Å². The average Bonchev–Trinajstić information content (AvgIpc) is 2.37. The van der Waals surface area contributed by atoms with Crippen LogP contribution in [0.15, 0.2) is 42.5 Å². The van der Waals surface area contributed by atoms with E-state index in [1.807, 2.05) is 6.07 Å². The van der Waals surface area contributed by atoms with Crippen LogP contribution in [0.2, 0.25) is 0 Å². The minimum atomic E-state index is -0.466. The summed E-state index contributed by atoms with van der Waals surface area (Å²) in [5, 5.41) is 19.1. The number of esters is 1. The second kappa shape index (κ2) is 5.44. The van der Waals surface area contributed by atoms with Crippen molar-refractivity contribution in [3.05, 3.63) is 53.6 Å². The Morgan fingerprint density at radius 2 is 1.79 bits per heavy atom. The lowest BCUT2D eigenvalue weighted by atomic mass is 10.1. The second-order valence-corrected chi connectivity index (χ2v) is 4.23. The summed E-state index contributed by atoms with van der Waals surface area (Å²) in [5.74, 6) is -0.125. The Balaban J connectivity index is 2.09. The molecular weight excluding hydrogens is 244 g/mol. The fourth-order valence-electron chi connectivity index (χ4n) is 1.70. The van der Waals surface area contributed by atoms with E-state index < -0.39 is 5.97 Å². The van der Waals surface area contributed by atoms with Gasteiger partial charge >= 0.3 is 5.97 Å². The molecule has 0 spiro atoms. The van der Waals surface area contributed by atoms with Crippen LogP contribution in [0.3, 0.4) is 0 Å². The number of phenolic OH excluding ortho intramolecular Hbond substituents is 2. The number of rotatable bonds is 3. The van der Waals surface area contributed by atoms with E-state index in [1.165, 1.54) is 6.07 Å². The number of ether oxygens (including phenoxy) is 1. The normalized spacial score (nSPS) is 10.2. The number of carbonyl (C=O) groups excluding carboxylic acids is 1. The quantitative estimate of drug-likeness (QED) is 0.656. The third-order valence-electron chi connectivity index (χ3n) is 2.71. The Morgan fingerprint density at radius 1 is 1.11 bits per heavy atom. The molecule has 0 radical (unpaired) electrons. The van der Waals surface area contributed by atoms with Gasteiger partial charge in [0.1, 0.15) is 17.2 Å². The highest BCUT2D eigenvalue weighted by molar-refractivity contribution is 5.76. The standard InChI is InChI=1S/C15H14O4/c1-10-7-11(14(17)9-13(10)16)8-15(18)19-12-5-3-2-4-6-12/h2-7,9,16-17H,8H2,1H3. The molecule has 0 aromatic heterocycles. The molecule has 0 amide bonds. The van der Waals surface area contributed by atoms with Gasteiger partial charge in [-0.1, -0.05) is 18.2 Å². The molecule has 19 heavy (non-hydrogen) atoms. The van der Waals surface area contributed by atoms with Gasteiger partial charge in [0.2, 0.25) is 0 Å². The highest BCUT2D eigenvalue weighted by Crippen LogP contribution is 2.27. The molecule has 0 aliphatic heterocycles. The van der Waals surface area contributed by atoms with Crippen LogP contribution >= 0.6 is 0 Å². The minimum Gasteiger partial charge on any atom is -0.508 e. The van der Waals surface area contributed by atoms with Crippen molar-refractivity contribution in [1.82, 2.24) is 0 Å². The molecule has 0 aliphatic rings. The van der Waals surface area contributed by atoms with Crippen LogP contribution in [0.5, 0.6) is 17.2 Å². The Kier molecular flexibility index (Phi) is 3.71. The largest absolute Gasteiger partial charge is 0.508 e. The number of hydrogen-bond donors (Lipinski definition) is 2. The van der Waals surface area contributed by atoms with Crippen LogP contribution in [0.1, 0.15) is 11.1 Å². The first-order valence-electron chi connectivity index (χ1n) is 5.83. The van der Waals surface area contributed by atoms with E-state index in [0.29, 0.717) is 16.9 Å². The summed E-state index contributed by atoms with van der Waals surface area (Å²) in [6, 6.07) is 11.5. The number of benzene rings is 2. The van der Waals surface area contributed by atoms with Gasteiger partial charge in [0, 0.05) is 11.6 Å². The van der Waals surface area contributed by atoms with Gasteiger partial charge in [-0.3, -0.25) is 4.79 Å². The summed E-state index contributed by atoms with van der Waals surface area (Å²) >= 11 is 0. The fraction of sp³-hybridized carbons (Fsp3) is 0.133. The van der Waals surface area contributed by atoms with Gasteiger partial charge in [-0.2, -0.15) is 0 Å². The van der Waals surface area contributed by atoms with Gasteiger partial charge in [-0.15, -0.1) is 0 Å². The first kappa shape index (κ1) is 13.0. The molecule has 0 saturated heterocycles. The number of aryl methyl sites for hydroxylation is 1. The van der Waals surface area contributed by atoms with Crippen molar-refractivity contribution < 1.29 is 19.7 Å². The van der Waals surface area contributed by atoms with Crippen LogP contribution in [0, 0.1) is 6.92 Å². The predicted molar refractivity (Wildman–Crippen MR) is 70.3 cm³/mol. The molecule has 2 N–H and O–H groups in total. The maximum atomic E-state index is 11.7. The highest BCUT2D eigenvalue weighted by Gasteiger charge is 2.12. The summed E-state index contributed by atoms with van der Waals surface area (Å²) in [6.45, 7) is 1.70. The highest BCUT2D eigenvalue weighted by atomic mass is 16.5. The number of phenols is 2. The first-order valence-corrected chi connectivity index (χ1v) is 5.83. The zero-order valence-electron chi connectivity index (χ0n) is 10.5. The van der Waals surface area contributed by atoms with Crippen molar-refractivity contribution in [3.8, 4) is 17.2 Å². The van der Waals surface area contributed by atoms with Gasteiger partial charge in [0.05, 0.1) is 6.42 Å². The molecule has 98 valence electrons. The maximum Gasteiger partial charge on any atom is 0.315 e. The Bertz CT molecular complexity index is 591. The lowest BCUT2D eigenvalue weighted by Crippen LogP contribution is -2.11. The zero-order chi connectivity index (χ0) is 13.8. The van der Waals surface area contributed by atoms with E-state index in [4.69, 9.17) is 4.74 Å². The van der Waals surface area contributed by atoms with E-state index in [1.54, 1.807) is 37.3 Å². The maximum absolute atomic E-state index is 11.7. The van der Waals surface area contributed by atoms with Crippen LogP contribution in [-0.4, -0.2) is 16.2 Å². The summed E-state index contributed by atoms with van der Waals surface area (Å²) in [7, 11) is 0. The SMILES string of the molecule is Cc1cc(CC(=O)Oc2ccccc2)c(O)cc1O. The monoisotopic (exact) mass is 258 g/mol. The smallest absolute Gasteiger partial charge is 0.315 e. The van der Waals surface area contributed by atoms with Crippen LogP contribution in [-0.2, 0) is 11.2 Å². The molecule has 2 rings (SSSR count). The van der Waals surface area contributed by atoms with Crippen molar-refractivity contribution >= 4 is 5.97 Å². The van der Waals surface area contributed by atoms with Crippen molar-refractivity contribution in [1.29, 1.82) is 0 Å². The minimum absolute atomic E-state index is 0.00215. The number of para-hydroxylation sites is 1. The number of aromatic hydroxyl groups is 2. The molecule has 0 fully saturated rings. The number of carbonyl (C=O) groups is 1. The molecule has 2 aromatic rings. The third kappa shape index (κ3) is 3.25. The lowest BCUT2D eigenvalue weighted by molar-refractivity contribution is -0.133. The van der Waals surface area contributed by atoms with Crippen molar-refractivity contribution in [3.63, 3.8) is 0 Å². The first-order chi connectivity index (χ1) is 9.06. The van der Waals surface area contributed by atoms with Gasteiger partial charge in [-0.25, -0.2) is 0 Å². The third-order valence-corrected chi connectivity index (χ3v) is 2.71. The van der Waals surface area contributed by atoms with Gasteiger partial charge in [0.25, 0.3) is 0 Å². The van der Waals surface area contributed by atoms with E-state index in [9.17, 15) is 15.0 Å². The van der Waals surface area contributed by atoms with Crippen molar-refractivity contribution in [2.45, 2.75) is 13.3 Å². The fourth-order valence-corrected chi connectivity index (χ4v) is 1.70. The molecule has 0 heterocycles. The van der Waals surface area contributed by atoms with Crippen molar-refractivity contribution in [2.75, 3.05) is 0 Å². The van der Waals surface area contributed by atoms with Crippen LogP contribution in [0.4, 0.5) is 0 Å². The molecule has 0 bridgehead atoms. The number of hydrogen-bond acceptors (Lipinski definition) is 4. The zero-order valence-corrected chi connectivity index (χ0v) is 10.5. The van der Waals surface area contributed by atoms with Crippen molar-refractivity contribution in [2.24, 2.45) is 0 Å². The Morgan fingerprint density at radius 3 is 2.47 bits per heavy atom. The second-order valence-electron chi connectivity index (χ2n) is 4.23. The molecule has 2 aromatic carbocycles. The Hall–Kier alpha value is -2.49. The van der Waals surface area contributed by atoms with E-state index in [0.717, 1.165) is 0 Å². The molecule has 0 atom stereocenters. The van der Waals surface area contributed by atoms with E-state index in [2.05, 4.69) is 0 Å². The summed E-state index contributed by atoms with van der Waals surface area (Å²) in [5.41, 5.74) is 1.02. The van der Waals surface area contributed by atoms with Crippen LogP contribution < -0.4 is 4.74 Å². The van der Waals surface area contributed by atoms with Gasteiger partial charge in [-0.05, 0) is 30.7 Å². The summed E-state index contributed by atoms with van der Waals surface area (Å²) < 4.78 is 5.13. The molecule has 0 aliphatic carbocycles. The summed E-state index contributed by atoms with van der Waals surface area (Å²) in [6.07, 6.45) is -0.0537. The molecule has 4 heteroatoms. The Labute approximate surface area is 110 Å². The predicted octanol–water partition coefficient (Wildman–Crippen LogP) is 2.55. The van der Waals surface area contributed by atoms with Gasteiger partial charge < -0.3 is 14.9 Å².